The first-order chi connectivity index (χ1) is 6.84. The van der Waals surface area contributed by atoms with Crippen LogP contribution >= 0.6 is 0 Å². The predicted molar refractivity (Wildman–Crippen MR) is 51.5 cm³/mol. The summed E-state index contributed by atoms with van der Waals surface area (Å²) < 4.78 is 0. The summed E-state index contributed by atoms with van der Waals surface area (Å²) in [7, 11) is 0. The number of aromatic nitrogens is 2. The summed E-state index contributed by atoms with van der Waals surface area (Å²) in [5, 5.41) is 12.9. The molecule has 1 aliphatic heterocycles. The summed E-state index contributed by atoms with van der Waals surface area (Å²) in [6.45, 7) is 1.51. The number of carbonyl (C=O) groups is 1. The van der Waals surface area contributed by atoms with Gasteiger partial charge in [-0.3, -0.25) is 9.89 Å². The van der Waals surface area contributed by atoms with Crippen LogP contribution in [0, 0.1) is 0 Å². The minimum absolute atomic E-state index is 0.157. The van der Waals surface area contributed by atoms with Crippen molar-refractivity contribution in [1.29, 1.82) is 0 Å². The van der Waals surface area contributed by atoms with Gasteiger partial charge in [-0.15, -0.1) is 0 Å². The maximum atomic E-state index is 10.9. The van der Waals surface area contributed by atoms with Crippen molar-refractivity contribution < 1.29 is 4.79 Å². The number of aromatic amines is 1. The highest BCUT2D eigenvalue weighted by Gasteiger charge is 2.16. The molecular weight excluding hydrogens is 180 g/mol. The number of hydrogen-bond donors (Lipinski definition) is 3. The fourth-order valence-electron chi connectivity index (χ4n) is 1.54. The smallest absolute Gasteiger partial charge is 0.220 e. The molecule has 2 heterocycles. The number of H-pyrrole nitrogens is 1. The summed E-state index contributed by atoms with van der Waals surface area (Å²) in [6, 6.07) is 2.32. The Bertz CT molecular complexity index is 286. The molecule has 1 aromatic heterocycles. The minimum Gasteiger partial charge on any atom is -0.355 e. The third-order valence-electron chi connectivity index (χ3n) is 2.41. The van der Waals surface area contributed by atoms with Gasteiger partial charge in [0.2, 0.25) is 5.91 Å². The molecule has 76 valence electrons. The Kier molecular flexibility index (Phi) is 2.78. The molecule has 5 nitrogen and oxygen atoms in total. The zero-order chi connectivity index (χ0) is 9.80. The number of rotatable bonds is 3. The van der Waals surface area contributed by atoms with E-state index in [1.54, 1.807) is 6.20 Å². The van der Waals surface area contributed by atoms with Crippen LogP contribution in [0.1, 0.15) is 18.5 Å². The van der Waals surface area contributed by atoms with Gasteiger partial charge in [-0.1, -0.05) is 0 Å². The first-order valence-electron chi connectivity index (χ1n) is 4.83. The molecule has 0 aromatic carbocycles. The Morgan fingerprint density at radius 3 is 3.21 bits per heavy atom. The highest BCUT2D eigenvalue weighted by Crippen LogP contribution is 2.03. The first-order valence-corrected chi connectivity index (χ1v) is 4.83. The van der Waals surface area contributed by atoms with Gasteiger partial charge in [-0.2, -0.15) is 5.10 Å². The molecule has 1 atom stereocenters. The van der Waals surface area contributed by atoms with E-state index >= 15 is 0 Å². The van der Waals surface area contributed by atoms with E-state index in [-0.39, 0.29) is 5.91 Å². The number of nitrogens with zero attached hydrogens (tertiary/aromatic N) is 1. The molecule has 0 spiro atoms. The molecule has 3 N–H and O–H groups in total. The summed E-state index contributed by atoms with van der Waals surface area (Å²) in [5.74, 6) is 0.157. The largest absolute Gasteiger partial charge is 0.355 e. The third kappa shape index (κ3) is 2.32. The standard InChI is InChI=1S/C9H14N4O/c14-9-2-1-7(5-11-9)10-6-8-3-4-12-13-8/h3-4,7,10H,1-2,5-6H2,(H,11,14)(H,12,13). The highest BCUT2D eigenvalue weighted by atomic mass is 16.1. The lowest BCUT2D eigenvalue weighted by molar-refractivity contribution is -0.122. The van der Waals surface area contributed by atoms with Crippen molar-refractivity contribution in [2.45, 2.75) is 25.4 Å². The van der Waals surface area contributed by atoms with Gasteiger partial charge in [0.05, 0.1) is 0 Å². The molecule has 1 amide bonds. The van der Waals surface area contributed by atoms with Gasteiger partial charge in [-0.05, 0) is 12.5 Å². The normalized spacial score (nSPS) is 22.0. The van der Waals surface area contributed by atoms with E-state index in [1.807, 2.05) is 6.07 Å². The van der Waals surface area contributed by atoms with E-state index in [1.165, 1.54) is 0 Å². The third-order valence-corrected chi connectivity index (χ3v) is 2.41. The maximum absolute atomic E-state index is 10.9. The van der Waals surface area contributed by atoms with Crippen LogP contribution in [0.3, 0.4) is 0 Å². The van der Waals surface area contributed by atoms with Gasteiger partial charge >= 0.3 is 0 Å². The van der Waals surface area contributed by atoms with Gasteiger partial charge in [0.25, 0.3) is 0 Å². The molecule has 0 saturated carbocycles. The molecular formula is C9H14N4O. The van der Waals surface area contributed by atoms with Gasteiger partial charge in [0.1, 0.15) is 0 Å². The van der Waals surface area contributed by atoms with Crippen LogP contribution in [0.15, 0.2) is 12.3 Å². The van der Waals surface area contributed by atoms with Crippen LogP contribution in [-0.4, -0.2) is 28.7 Å². The topological polar surface area (TPSA) is 69.8 Å². The average molecular weight is 194 g/mol. The predicted octanol–water partition coefficient (Wildman–Crippen LogP) is -0.222. The lowest BCUT2D eigenvalue weighted by atomic mass is 10.1. The zero-order valence-corrected chi connectivity index (χ0v) is 7.92. The molecule has 0 aliphatic carbocycles. The van der Waals surface area contributed by atoms with Crippen molar-refractivity contribution in [3.8, 4) is 0 Å². The second kappa shape index (κ2) is 4.23. The highest BCUT2D eigenvalue weighted by molar-refractivity contribution is 5.76. The minimum atomic E-state index is 0.157. The second-order valence-electron chi connectivity index (χ2n) is 3.50. The molecule has 1 aliphatic rings. The Morgan fingerprint density at radius 2 is 2.57 bits per heavy atom. The van der Waals surface area contributed by atoms with Crippen molar-refractivity contribution in [2.24, 2.45) is 0 Å². The number of amides is 1. The molecule has 2 rings (SSSR count). The molecule has 1 saturated heterocycles. The van der Waals surface area contributed by atoms with Crippen molar-refractivity contribution in [3.63, 3.8) is 0 Å². The van der Waals surface area contributed by atoms with Gasteiger partial charge in [0.15, 0.2) is 0 Å². The molecule has 5 heteroatoms. The maximum Gasteiger partial charge on any atom is 0.220 e. The van der Waals surface area contributed by atoms with Crippen LogP contribution in [0.4, 0.5) is 0 Å². The van der Waals surface area contributed by atoms with Crippen molar-refractivity contribution in [1.82, 2.24) is 20.8 Å². The van der Waals surface area contributed by atoms with Crippen LogP contribution in [0.25, 0.3) is 0 Å². The molecule has 1 unspecified atom stereocenters. The van der Waals surface area contributed by atoms with Gasteiger partial charge in [-0.25, -0.2) is 0 Å². The summed E-state index contributed by atoms with van der Waals surface area (Å²) >= 11 is 0. The van der Waals surface area contributed by atoms with Crippen molar-refractivity contribution in [2.75, 3.05) is 6.54 Å². The monoisotopic (exact) mass is 194 g/mol. The summed E-state index contributed by atoms with van der Waals surface area (Å²) in [4.78, 5) is 10.9. The fraction of sp³-hybridized carbons (Fsp3) is 0.556. The number of nitrogens with one attached hydrogen (secondary N) is 3. The Balaban J connectivity index is 1.73. The first kappa shape index (κ1) is 9.21. The quantitative estimate of drug-likeness (QED) is 0.623. The van der Waals surface area contributed by atoms with Crippen LogP contribution in [0.5, 0.6) is 0 Å². The summed E-state index contributed by atoms with van der Waals surface area (Å²) in [5.41, 5.74) is 1.07. The molecule has 1 fully saturated rings. The number of carbonyl (C=O) groups excluding carboxylic acids is 1. The Morgan fingerprint density at radius 1 is 1.64 bits per heavy atom. The van der Waals surface area contributed by atoms with Crippen LogP contribution in [0.2, 0.25) is 0 Å². The van der Waals surface area contributed by atoms with Gasteiger partial charge < -0.3 is 10.6 Å². The van der Waals surface area contributed by atoms with Gasteiger partial charge in [0, 0.05) is 37.4 Å². The zero-order valence-electron chi connectivity index (χ0n) is 7.92. The van der Waals surface area contributed by atoms with E-state index < -0.39 is 0 Å². The molecule has 1 aromatic rings. The molecule has 0 radical (unpaired) electrons. The summed E-state index contributed by atoms with van der Waals surface area (Å²) in [6.07, 6.45) is 3.28. The fourth-order valence-corrected chi connectivity index (χ4v) is 1.54. The Labute approximate surface area is 82.3 Å². The van der Waals surface area contributed by atoms with E-state index in [4.69, 9.17) is 0 Å². The lowest BCUT2D eigenvalue weighted by Gasteiger charge is -2.23. The Hall–Kier alpha value is -1.36. The average Bonchev–Trinajstić information content (AvgIpc) is 2.70. The lowest BCUT2D eigenvalue weighted by Crippen LogP contribution is -2.45. The number of hydrogen-bond acceptors (Lipinski definition) is 3. The van der Waals surface area contributed by atoms with Crippen molar-refractivity contribution in [3.05, 3.63) is 18.0 Å². The number of piperidine rings is 1. The molecule has 14 heavy (non-hydrogen) atoms. The SMILES string of the molecule is O=C1CCC(NCc2ccn[nH]2)CN1. The van der Waals surface area contributed by atoms with E-state index in [2.05, 4.69) is 20.8 Å². The van der Waals surface area contributed by atoms with Crippen molar-refractivity contribution >= 4 is 5.91 Å². The van der Waals surface area contributed by atoms with Crippen LogP contribution < -0.4 is 10.6 Å². The molecule has 0 bridgehead atoms. The second-order valence-corrected chi connectivity index (χ2v) is 3.50. The van der Waals surface area contributed by atoms with E-state index in [9.17, 15) is 4.79 Å². The van der Waals surface area contributed by atoms with E-state index in [0.29, 0.717) is 12.5 Å². The van der Waals surface area contributed by atoms with Crippen LogP contribution in [-0.2, 0) is 11.3 Å². The van der Waals surface area contributed by atoms with E-state index in [0.717, 1.165) is 25.2 Å².